The number of hydrogen-bond donors (Lipinski definition) is 3. The van der Waals surface area contributed by atoms with E-state index in [9.17, 15) is 8.42 Å². The highest BCUT2D eigenvalue weighted by Crippen LogP contribution is 2.11. The van der Waals surface area contributed by atoms with Crippen LogP contribution in [-0.2, 0) is 22.3 Å². The second-order valence-electron chi connectivity index (χ2n) is 6.51. The van der Waals surface area contributed by atoms with Crippen LogP contribution in [0, 0.1) is 5.92 Å². The number of unbranched alkanes of at least 4 members (excludes halogenated alkanes) is 1. The molecule has 0 radical (unpaired) electrons. The van der Waals surface area contributed by atoms with Crippen molar-refractivity contribution in [3.8, 4) is 0 Å². The SMILES string of the molecule is CCCCC(CC)CNC(=NC)NCc1cccc(CS(=O)(=O)NC)c1.I. The molecule has 1 unspecified atom stereocenters. The molecule has 1 atom stereocenters. The second kappa shape index (κ2) is 14.2. The van der Waals surface area contributed by atoms with Gasteiger partial charge in [0.2, 0.25) is 10.0 Å². The normalized spacial score (nSPS) is 13.0. The Morgan fingerprint density at radius 3 is 2.48 bits per heavy atom. The Kier molecular flexibility index (Phi) is 13.7. The number of aliphatic imine (C=N–C) groups is 1. The van der Waals surface area contributed by atoms with Gasteiger partial charge in [-0.25, -0.2) is 13.1 Å². The molecule has 0 aliphatic heterocycles. The lowest BCUT2D eigenvalue weighted by molar-refractivity contribution is 0.443. The van der Waals surface area contributed by atoms with Crippen molar-refractivity contribution in [1.82, 2.24) is 15.4 Å². The minimum absolute atomic E-state index is 0. The van der Waals surface area contributed by atoms with Gasteiger partial charge in [-0.2, -0.15) is 0 Å². The van der Waals surface area contributed by atoms with Gasteiger partial charge in [-0.1, -0.05) is 57.4 Å². The van der Waals surface area contributed by atoms with Gasteiger partial charge in [-0.15, -0.1) is 24.0 Å². The third kappa shape index (κ3) is 10.9. The third-order valence-electron chi connectivity index (χ3n) is 4.44. The highest BCUT2D eigenvalue weighted by molar-refractivity contribution is 14.0. The molecule has 3 N–H and O–H groups in total. The van der Waals surface area contributed by atoms with Gasteiger partial charge in [0.25, 0.3) is 0 Å². The molecule has 0 fully saturated rings. The van der Waals surface area contributed by atoms with Crippen LogP contribution in [0.5, 0.6) is 0 Å². The summed E-state index contributed by atoms with van der Waals surface area (Å²) < 4.78 is 25.7. The average molecular weight is 510 g/mol. The van der Waals surface area contributed by atoms with Crippen LogP contribution in [0.1, 0.15) is 50.7 Å². The van der Waals surface area contributed by atoms with Crippen LogP contribution < -0.4 is 15.4 Å². The molecule has 8 heteroatoms. The van der Waals surface area contributed by atoms with E-state index in [1.807, 2.05) is 24.3 Å². The Hall–Kier alpha value is -0.870. The van der Waals surface area contributed by atoms with Crippen LogP contribution in [0.3, 0.4) is 0 Å². The van der Waals surface area contributed by atoms with E-state index in [0.29, 0.717) is 12.5 Å². The number of sulfonamides is 1. The average Bonchev–Trinajstić information content (AvgIpc) is 2.64. The number of nitrogens with one attached hydrogen (secondary N) is 3. The lowest BCUT2D eigenvalue weighted by Crippen LogP contribution is -2.39. The molecular formula is C19H35IN4O2S. The molecule has 6 nitrogen and oxygen atoms in total. The van der Waals surface area contributed by atoms with Crippen molar-refractivity contribution in [3.63, 3.8) is 0 Å². The summed E-state index contributed by atoms with van der Waals surface area (Å²) in [5.74, 6) is 1.41. The van der Waals surface area contributed by atoms with Crippen LogP contribution in [0.4, 0.5) is 0 Å². The van der Waals surface area contributed by atoms with Crippen LogP contribution in [0.25, 0.3) is 0 Å². The number of hydrogen-bond acceptors (Lipinski definition) is 3. The minimum Gasteiger partial charge on any atom is -0.356 e. The summed E-state index contributed by atoms with van der Waals surface area (Å²) >= 11 is 0. The summed E-state index contributed by atoms with van der Waals surface area (Å²) in [6.45, 7) is 5.95. The monoisotopic (exact) mass is 510 g/mol. The van der Waals surface area contributed by atoms with E-state index in [2.05, 4.69) is 34.2 Å². The topological polar surface area (TPSA) is 82.6 Å². The Morgan fingerprint density at radius 2 is 1.89 bits per heavy atom. The van der Waals surface area contributed by atoms with Crippen LogP contribution in [-0.4, -0.2) is 35.0 Å². The van der Waals surface area contributed by atoms with Gasteiger partial charge in [-0.3, -0.25) is 4.99 Å². The minimum atomic E-state index is -3.26. The van der Waals surface area contributed by atoms with Crippen molar-refractivity contribution >= 4 is 40.0 Å². The maximum Gasteiger partial charge on any atom is 0.215 e. The molecule has 0 saturated carbocycles. The van der Waals surface area contributed by atoms with Crippen molar-refractivity contribution in [2.75, 3.05) is 20.6 Å². The maximum atomic E-state index is 11.7. The third-order valence-corrected chi connectivity index (χ3v) is 5.78. The largest absolute Gasteiger partial charge is 0.356 e. The molecule has 0 amide bonds. The highest BCUT2D eigenvalue weighted by atomic mass is 127. The zero-order chi connectivity index (χ0) is 19.4. The molecule has 1 rings (SSSR count). The zero-order valence-corrected chi connectivity index (χ0v) is 20.1. The molecule has 0 saturated heterocycles. The summed E-state index contributed by atoms with van der Waals surface area (Å²) in [5.41, 5.74) is 1.79. The summed E-state index contributed by atoms with van der Waals surface area (Å²) in [6, 6.07) is 7.59. The molecule has 0 aliphatic carbocycles. The van der Waals surface area contributed by atoms with Crippen molar-refractivity contribution in [2.45, 2.75) is 51.8 Å². The first kappa shape index (κ1) is 26.1. The standard InChI is InChI=1S/C19H34N4O2S.HI/c1-5-7-9-16(6-2)13-22-19(20-3)23-14-17-10-8-11-18(12-17)15-26(24,25)21-4;/h8,10-12,16,21H,5-7,9,13-15H2,1-4H3,(H2,20,22,23);1H. The second-order valence-corrected chi connectivity index (χ2v) is 8.43. The Labute approximate surface area is 182 Å². The van der Waals surface area contributed by atoms with E-state index in [4.69, 9.17) is 0 Å². The molecule has 1 aromatic rings. The predicted molar refractivity (Wildman–Crippen MR) is 125 cm³/mol. The molecule has 0 aromatic heterocycles. The Morgan fingerprint density at radius 1 is 1.19 bits per heavy atom. The highest BCUT2D eigenvalue weighted by Gasteiger charge is 2.10. The van der Waals surface area contributed by atoms with Crippen molar-refractivity contribution < 1.29 is 8.42 Å². The molecule has 1 aromatic carbocycles. The number of nitrogens with zero attached hydrogens (tertiary/aromatic N) is 1. The van der Waals surface area contributed by atoms with Gasteiger partial charge in [-0.05, 0) is 30.5 Å². The molecule has 0 spiro atoms. The zero-order valence-electron chi connectivity index (χ0n) is 16.9. The van der Waals surface area contributed by atoms with Crippen molar-refractivity contribution in [3.05, 3.63) is 35.4 Å². The predicted octanol–water partition coefficient (Wildman–Crippen LogP) is 3.24. The number of benzene rings is 1. The van der Waals surface area contributed by atoms with Gasteiger partial charge in [0, 0.05) is 20.1 Å². The first-order valence-electron chi connectivity index (χ1n) is 9.37. The van der Waals surface area contributed by atoms with Gasteiger partial charge >= 0.3 is 0 Å². The quantitative estimate of drug-likeness (QED) is 0.243. The molecule has 156 valence electrons. The smallest absolute Gasteiger partial charge is 0.215 e. The van der Waals surface area contributed by atoms with Crippen molar-refractivity contribution in [1.29, 1.82) is 0 Å². The van der Waals surface area contributed by atoms with E-state index in [-0.39, 0.29) is 29.7 Å². The fourth-order valence-electron chi connectivity index (χ4n) is 2.71. The van der Waals surface area contributed by atoms with E-state index < -0.39 is 10.0 Å². The first-order valence-corrected chi connectivity index (χ1v) is 11.0. The number of rotatable bonds is 11. The maximum absolute atomic E-state index is 11.7. The van der Waals surface area contributed by atoms with Crippen LogP contribution in [0.15, 0.2) is 29.3 Å². The molecule has 0 aliphatic rings. The lowest BCUT2D eigenvalue weighted by Gasteiger charge is -2.18. The van der Waals surface area contributed by atoms with Crippen LogP contribution >= 0.6 is 24.0 Å². The van der Waals surface area contributed by atoms with Gasteiger partial charge in [0.1, 0.15) is 0 Å². The summed E-state index contributed by atoms with van der Waals surface area (Å²) in [7, 11) is -0.0674. The molecular weight excluding hydrogens is 475 g/mol. The summed E-state index contributed by atoms with van der Waals surface area (Å²) in [4.78, 5) is 4.27. The molecule has 0 bridgehead atoms. The summed E-state index contributed by atoms with van der Waals surface area (Å²) in [6.07, 6.45) is 4.88. The Bertz CT molecular complexity index is 665. The molecule has 0 heterocycles. The number of halogens is 1. The van der Waals surface area contributed by atoms with Crippen molar-refractivity contribution in [2.24, 2.45) is 10.9 Å². The van der Waals surface area contributed by atoms with Crippen LogP contribution in [0.2, 0.25) is 0 Å². The fraction of sp³-hybridized carbons (Fsp3) is 0.632. The fourth-order valence-corrected chi connectivity index (χ4v) is 3.47. The molecule has 27 heavy (non-hydrogen) atoms. The Balaban J connectivity index is 0.00000676. The van der Waals surface area contributed by atoms with E-state index >= 15 is 0 Å². The number of guanidine groups is 1. The van der Waals surface area contributed by atoms with E-state index in [1.165, 1.54) is 26.3 Å². The first-order chi connectivity index (χ1) is 12.4. The van der Waals surface area contributed by atoms with E-state index in [1.54, 1.807) is 7.05 Å². The summed E-state index contributed by atoms with van der Waals surface area (Å²) in [5, 5.41) is 6.69. The van der Waals surface area contributed by atoms with E-state index in [0.717, 1.165) is 30.1 Å². The lowest BCUT2D eigenvalue weighted by atomic mass is 9.99. The van der Waals surface area contributed by atoms with Gasteiger partial charge < -0.3 is 10.6 Å². The van der Waals surface area contributed by atoms with Gasteiger partial charge in [0.15, 0.2) is 5.96 Å². The van der Waals surface area contributed by atoms with Gasteiger partial charge in [0.05, 0.1) is 5.75 Å².